The third-order valence-corrected chi connectivity index (χ3v) is 7.44. The molecule has 12 heteroatoms. The third kappa shape index (κ3) is 21.5. The first-order chi connectivity index (χ1) is 24.5. The summed E-state index contributed by atoms with van der Waals surface area (Å²) in [5, 5.41) is 8.55. The van der Waals surface area contributed by atoms with Crippen molar-refractivity contribution < 1.29 is 57.6 Å². The highest BCUT2D eigenvalue weighted by Gasteiger charge is 2.28. The van der Waals surface area contributed by atoms with Gasteiger partial charge in [0, 0.05) is 12.8 Å². The quantitative estimate of drug-likeness (QED) is 0.0856. The number of ether oxygens (including phenoxy) is 5. The number of esters is 5. The highest BCUT2D eigenvalue weighted by Crippen LogP contribution is 2.20. The Balaban J connectivity index is 0.000000526. The average molecular weight is 729 g/mol. The molecule has 0 heterocycles. The Hall–Kier alpha value is -4.74. The minimum absolute atomic E-state index is 0.0323. The number of benzene rings is 2. The van der Waals surface area contributed by atoms with Crippen LogP contribution in [0.25, 0.3) is 0 Å². The van der Waals surface area contributed by atoms with Gasteiger partial charge in [0.15, 0.2) is 0 Å². The van der Waals surface area contributed by atoms with Crippen LogP contribution in [0.4, 0.5) is 0 Å². The molecule has 2 aromatic carbocycles. The standard InChI is InChI=1S/C22H32O6.C18H24O6/c1-16(2)18(14-20(24)27-15-17-10-7-6-8-11-17)21(25)26-13-9-12-19(23)28-22(3,4)5;1-13(2)15(18(22)23-10-6-9-16(19)20)11-17(21)24-12-14-7-4-3-5-8-14/h6-8,10-11,16,18H,9,12-15H2,1-5H3;3-5,7-8,13,15H,6,9-12H2,1-2H3,(H,19,20)/t18-;15-/m00/s1. The van der Waals surface area contributed by atoms with E-state index in [1.807, 2.05) is 88.4 Å². The molecule has 0 saturated heterocycles. The molecule has 0 bridgehead atoms. The minimum Gasteiger partial charge on any atom is -0.481 e. The van der Waals surface area contributed by atoms with Crippen LogP contribution in [0.15, 0.2) is 60.7 Å². The van der Waals surface area contributed by atoms with Crippen molar-refractivity contribution in [3.8, 4) is 0 Å². The molecule has 2 atom stereocenters. The summed E-state index contributed by atoms with van der Waals surface area (Å²) in [5.74, 6) is -4.42. The van der Waals surface area contributed by atoms with Gasteiger partial charge < -0.3 is 28.8 Å². The maximum atomic E-state index is 12.3. The minimum atomic E-state index is -0.934. The van der Waals surface area contributed by atoms with Gasteiger partial charge in [0.1, 0.15) is 18.8 Å². The van der Waals surface area contributed by atoms with Crippen LogP contribution in [0.2, 0.25) is 0 Å². The highest BCUT2D eigenvalue weighted by molar-refractivity contribution is 5.81. The SMILES string of the molecule is CC(C)[C@H](CC(=O)OCc1ccccc1)C(=O)OCCCC(=O)O.CC(C)[C@H](CC(=O)OCc1ccccc1)C(=O)OCCCC(=O)OC(C)(C)C. The van der Waals surface area contributed by atoms with Gasteiger partial charge in [-0.15, -0.1) is 0 Å². The van der Waals surface area contributed by atoms with Gasteiger partial charge >= 0.3 is 35.8 Å². The molecular formula is C40H56O12. The van der Waals surface area contributed by atoms with Crippen LogP contribution < -0.4 is 0 Å². The lowest BCUT2D eigenvalue weighted by Gasteiger charge is -2.20. The first kappa shape index (κ1) is 45.3. The Kier molecular flexibility index (Phi) is 21.3. The van der Waals surface area contributed by atoms with E-state index in [1.54, 1.807) is 20.8 Å². The second-order valence-electron chi connectivity index (χ2n) is 13.9. The van der Waals surface area contributed by atoms with E-state index >= 15 is 0 Å². The molecule has 0 amide bonds. The third-order valence-electron chi connectivity index (χ3n) is 7.44. The van der Waals surface area contributed by atoms with Crippen molar-refractivity contribution in [1.29, 1.82) is 0 Å². The molecule has 2 rings (SSSR count). The van der Waals surface area contributed by atoms with Gasteiger partial charge in [-0.05, 0) is 56.6 Å². The maximum absolute atomic E-state index is 12.3. The first-order valence-electron chi connectivity index (χ1n) is 17.6. The fourth-order valence-electron chi connectivity index (χ4n) is 4.53. The Bertz CT molecular complexity index is 1380. The van der Waals surface area contributed by atoms with E-state index < -0.39 is 47.3 Å². The summed E-state index contributed by atoms with van der Waals surface area (Å²) in [7, 11) is 0. The molecule has 0 fully saturated rings. The van der Waals surface area contributed by atoms with Crippen LogP contribution in [-0.2, 0) is 65.7 Å². The number of aliphatic carboxylic acids is 1. The van der Waals surface area contributed by atoms with E-state index in [1.165, 1.54) is 0 Å². The van der Waals surface area contributed by atoms with Gasteiger partial charge in [-0.3, -0.25) is 28.8 Å². The number of hydrogen-bond donors (Lipinski definition) is 1. The van der Waals surface area contributed by atoms with Gasteiger partial charge in [0.05, 0.1) is 37.9 Å². The van der Waals surface area contributed by atoms with Gasteiger partial charge in [-0.2, -0.15) is 0 Å². The summed E-state index contributed by atoms with van der Waals surface area (Å²) in [5.41, 5.74) is 1.24. The van der Waals surface area contributed by atoms with E-state index in [2.05, 4.69) is 0 Å². The predicted molar refractivity (Wildman–Crippen MR) is 192 cm³/mol. The molecule has 0 aliphatic heterocycles. The normalized spacial score (nSPS) is 12.1. The van der Waals surface area contributed by atoms with E-state index in [0.717, 1.165) is 11.1 Å². The summed E-state index contributed by atoms with van der Waals surface area (Å²) in [6.07, 6.45) is 0.667. The van der Waals surface area contributed by atoms with Crippen molar-refractivity contribution in [2.45, 2.75) is 106 Å². The van der Waals surface area contributed by atoms with E-state index in [-0.39, 0.29) is 76.3 Å². The molecule has 1 N–H and O–H groups in total. The number of hydrogen-bond acceptors (Lipinski definition) is 11. The van der Waals surface area contributed by atoms with Crippen LogP contribution in [0.1, 0.15) is 98.1 Å². The second-order valence-corrected chi connectivity index (χ2v) is 13.9. The summed E-state index contributed by atoms with van der Waals surface area (Å²) >= 11 is 0. The Morgan fingerprint density at radius 3 is 1.31 bits per heavy atom. The van der Waals surface area contributed by atoms with Crippen LogP contribution in [0.3, 0.4) is 0 Å². The maximum Gasteiger partial charge on any atom is 0.309 e. The van der Waals surface area contributed by atoms with Gasteiger partial charge in [-0.25, -0.2) is 0 Å². The fraction of sp³-hybridized carbons (Fsp3) is 0.550. The zero-order chi connectivity index (χ0) is 39.1. The molecule has 2 aromatic rings. The molecule has 0 unspecified atom stereocenters. The molecule has 0 saturated carbocycles. The smallest absolute Gasteiger partial charge is 0.309 e. The number of carboxylic acids is 1. The average Bonchev–Trinajstić information content (AvgIpc) is 3.08. The van der Waals surface area contributed by atoms with Crippen LogP contribution in [0, 0.1) is 23.7 Å². The van der Waals surface area contributed by atoms with Crippen molar-refractivity contribution in [3.63, 3.8) is 0 Å². The fourth-order valence-corrected chi connectivity index (χ4v) is 4.53. The van der Waals surface area contributed by atoms with Gasteiger partial charge in [0.25, 0.3) is 0 Å². The largest absolute Gasteiger partial charge is 0.481 e. The molecule has 12 nitrogen and oxygen atoms in total. The Morgan fingerprint density at radius 2 is 0.962 bits per heavy atom. The lowest BCUT2D eigenvalue weighted by Crippen LogP contribution is -2.27. The monoisotopic (exact) mass is 728 g/mol. The van der Waals surface area contributed by atoms with E-state index in [9.17, 15) is 28.8 Å². The van der Waals surface area contributed by atoms with Crippen molar-refractivity contribution in [3.05, 3.63) is 71.8 Å². The zero-order valence-electron chi connectivity index (χ0n) is 31.6. The molecular weight excluding hydrogens is 672 g/mol. The number of carbonyl (C=O) groups is 6. The second kappa shape index (κ2) is 24.4. The molecule has 0 spiro atoms. The summed E-state index contributed by atoms with van der Waals surface area (Å²) in [6.45, 7) is 13.3. The first-order valence-corrected chi connectivity index (χ1v) is 17.6. The highest BCUT2D eigenvalue weighted by atomic mass is 16.6. The number of carbonyl (C=O) groups excluding carboxylic acids is 5. The molecule has 0 aromatic heterocycles. The molecule has 52 heavy (non-hydrogen) atoms. The molecule has 0 radical (unpaired) electrons. The van der Waals surface area contributed by atoms with Crippen molar-refractivity contribution in [2.75, 3.05) is 13.2 Å². The Labute approximate surface area is 307 Å². The van der Waals surface area contributed by atoms with Crippen molar-refractivity contribution in [2.24, 2.45) is 23.7 Å². The van der Waals surface area contributed by atoms with Crippen LogP contribution >= 0.6 is 0 Å². The van der Waals surface area contributed by atoms with Gasteiger partial charge in [-0.1, -0.05) is 88.4 Å². The molecule has 0 aliphatic rings. The predicted octanol–water partition coefficient (Wildman–Crippen LogP) is 6.86. The molecule has 288 valence electrons. The van der Waals surface area contributed by atoms with Crippen LogP contribution in [-0.4, -0.2) is 59.7 Å². The summed E-state index contributed by atoms with van der Waals surface area (Å²) in [4.78, 5) is 70.5. The zero-order valence-corrected chi connectivity index (χ0v) is 31.6. The Morgan fingerprint density at radius 1 is 0.577 bits per heavy atom. The van der Waals surface area contributed by atoms with E-state index in [0.29, 0.717) is 6.42 Å². The van der Waals surface area contributed by atoms with Crippen molar-refractivity contribution in [1.82, 2.24) is 0 Å². The number of rotatable bonds is 20. The van der Waals surface area contributed by atoms with Crippen LogP contribution in [0.5, 0.6) is 0 Å². The number of carboxylic acid groups (broad SMARTS) is 1. The lowest BCUT2D eigenvalue weighted by molar-refractivity contribution is -0.159. The summed E-state index contributed by atoms with van der Waals surface area (Å²) in [6, 6.07) is 18.7. The molecule has 0 aliphatic carbocycles. The topological polar surface area (TPSA) is 169 Å². The van der Waals surface area contributed by atoms with Crippen molar-refractivity contribution >= 4 is 35.8 Å². The van der Waals surface area contributed by atoms with E-state index in [4.69, 9.17) is 28.8 Å². The lowest BCUT2D eigenvalue weighted by atomic mass is 9.93. The van der Waals surface area contributed by atoms with Gasteiger partial charge in [0.2, 0.25) is 0 Å². The summed E-state index contributed by atoms with van der Waals surface area (Å²) < 4.78 is 26.0.